The first-order chi connectivity index (χ1) is 8.20. The number of benzene rings is 2. The van der Waals surface area contributed by atoms with Crippen LogP contribution in [0.4, 0.5) is 0 Å². The van der Waals surface area contributed by atoms with Gasteiger partial charge in [0.25, 0.3) is 0 Å². The Morgan fingerprint density at radius 2 is 1.41 bits per heavy atom. The monoisotopic (exact) mass is 226 g/mol. The van der Waals surface area contributed by atoms with Crippen LogP contribution in [-0.4, -0.2) is 12.2 Å². The molecule has 0 saturated carbocycles. The predicted octanol–water partition coefficient (Wildman–Crippen LogP) is 3.46. The molecule has 2 heteroatoms. The van der Waals surface area contributed by atoms with Crippen molar-refractivity contribution < 1.29 is 9.84 Å². The van der Waals surface area contributed by atoms with E-state index in [-0.39, 0.29) is 5.75 Å². The van der Waals surface area contributed by atoms with E-state index in [0.717, 1.165) is 22.4 Å². The van der Waals surface area contributed by atoms with Gasteiger partial charge in [-0.25, -0.2) is 0 Å². The third kappa shape index (κ3) is 2.48. The Kier molecular flexibility index (Phi) is 3.15. The molecule has 0 aliphatic carbocycles. The molecule has 0 aliphatic heterocycles. The van der Waals surface area contributed by atoms with Crippen molar-refractivity contribution in [3.8, 4) is 11.5 Å². The Morgan fingerprint density at radius 1 is 0.941 bits per heavy atom. The standard InChI is InChI=1S/C15H14O2/c1-11(12-3-7-14(16)8-4-12)13-5-9-15(17-2)10-6-13/h3-10,16H,1H2,2H3. The summed E-state index contributed by atoms with van der Waals surface area (Å²) in [5.41, 5.74) is 2.96. The lowest BCUT2D eigenvalue weighted by Crippen LogP contribution is -1.87. The van der Waals surface area contributed by atoms with Crippen LogP contribution in [0.1, 0.15) is 11.1 Å². The number of hydrogen-bond donors (Lipinski definition) is 1. The zero-order valence-corrected chi connectivity index (χ0v) is 9.68. The van der Waals surface area contributed by atoms with Crippen LogP contribution in [-0.2, 0) is 0 Å². The first-order valence-corrected chi connectivity index (χ1v) is 5.33. The van der Waals surface area contributed by atoms with E-state index in [9.17, 15) is 5.11 Å². The summed E-state index contributed by atoms with van der Waals surface area (Å²) in [4.78, 5) is 0. The van der Waals surface area contributed by atoms with Crippen molar-refractivity contribution >= 4 is 5.57 Å². The van der Waals surface area contributed by atoms with Crippen molar-refractivity contribution in [1.29, 1.82) is 0 Å². The summed E-state index contributed by atoms with van der Waals surface area (Å²) in [6.45, 7) is 4.06. The van der Waals surface area contributed by atoms with E-state index in [1.165, 1.54) is 0 Å². The summed E-state index contributed by atoms with van der Waals surface area (Å²) < 4.78 is 5.11. The fourth-order valence-corrected chi connectivity index (χ4v) is 1.62. The van der Waals surface area contributed by atoms with Gasteiger partial charge in [-0.1, -0.05) is 30.8 Å². The molecule has 2 nitrogen and oxygen atoms in total. The Morgan fingerprint density at radius 3 is 1.88 bits per heavy atom. The van der Waals surface area contributed by atoms with Gasteiger partial charge < -0.3 is 9.84 Å². The lowest BCUT2D eigenvalue weighted by Gasteiger charge is -2.07. The molecule has 2 aromatic carbocycles. The SMILES string of the molecule is C=C(c1ccc(O)cc1)c1ccc(OC)cc1. The van der Waals surface area contributed by atoms with Crippen LogP contribution in [0.25, 0.3) is 5.57 Å². The molecule has 0 bridgehead atoms. The second kappa shape index (κ2) is 4.74. The first kappa shape index (κ1) is 11.3. The van der Waals surface area contributed by atoms with Gasteiger partial charge in [0.1, 0.15) is 11.5 Å². The van der Waals surface area contributed by atoms with Crippen molar-refractivity contribution in [1.82, 2.24) is 0 Å². The highest BCUT2D eigenvalue weighted by Crippen LogP contribution is 2.24. The van der Waals surface area contributed by atoms with Crippen LogP contribution in [0.5, 0.6) is 11.5 Å². The van der Waals surface area contributed by atoms with Gasteiger partial charge >= 0.3 is 0 Å². The summed E-state index contributed by atoms with van der Waals surface area (Å²) in [6, 6.07) is 14.8. The van der Waals surface area contributed by atoms with E-state index < -0.39 is 0 Å². The molecule has 0 spiro atoms. The van der Waals surface area contributed by atoms with E-state index in [0.29, 0.717) is 0 Å². The number of phenolic OH excluding ortho intramolecular Hbond substituents is 1. The van der Waals surface area contributed by atoms with E-state index in [2.05, 4.69) is 6.58 Å². The molecule has 17 heavy (non-hydrogen) atoms. The van der Waals surface area contributed by atoms with Crippen molar-refractivity contribution in [3.63, 3.8) is 0 Å². The predicted molar refractivity (Wildman–Crippen MR) is 69.2 cm³/mol. The van der Waals surface area contributed by atoms with E-state index >= 15 is 0 Å². The Bertz CT molecular complexity index is 510. The van der Waals surface area contributed by atoms with Crippen LogP contribution in [0.3, 0.4) is 0 Å². The topological polar surface area (TPSA) is 29.5 Å². The number of ether oxygens (including phenoxy) is 1. The molecule has 0 unspecified atom stereocenters. The van der Waals surface area contributed by atoms with Crippen LogP contribution in [0, 0.1) is 0 Å². The Balaban J connectivity index is 2.27. The molecule has 0 radical (unpaired) electrons. The maximum atomic E-state index is 9.23. The third-order valence-electron chi connectivity index (χ3n) is 2.65. The largest absolute Gasteiger partial charge is 0.508 e. The molecule has 0 heterocycles. The van der Waals surface area contributed by atoms with E-state index in [1.54, 1.807) is 19.2 Å². The molecular formula is C15H14O2. The van der Waals surface area contributed by atoms with Gasteiger partial charge in [0, 0.05) is 0 Å². The molecule has 0 aliphatic rings. The minimum absolute atomic E-state index is 0.260. The highest BCUT2D eigenvalue weighted by Gasteiger charge is 2.02. The van der Waals surface area contributed by atoms with Gasteiger partial charge in [0.05, 0.1) is 7.11 Å². The summed E-state index contributed by atoms with van der Waals surface area (Å²) in [5.74, 6) is 1.09. The second-order valence-electron chi connectivity index (χ2n) is 3.75. The fraction of sp³-hybridized carbons (Fsp3) is 0.0667. The van der Waals surface area contributed by atoms with Gasteiger partial charge in [-0.2, -0.15) is 0 Å². The average Bonchev–Trinajstić information content (AvgIpc) is 2.39. The van der Waals surface area contributed by atoms with Crippen LogP contribution in [0.15, 0.2) is 55.1 Å². The van der Waals surface area contributed by atoms with Crippen molar-refractivity contribution in [3.05, 3.63) is 66.2 Å². The van der Waals surface area contributed by atoms with Crippen molar-refractivity contribution in [2.24, 2.45) is 0 Å². The van der Waals surface area contributed by atoms with Gasteiger partial charge in [-0.3, -0.25) is 0 Å². The Hall–Kier alpha value is -2.22. The number of phenols is 1. The Labute approximate surface area is 101 Å². The summed E-state index contributed by atoms with van der Waals surface area (Å²) in [5, 5.41) is 9.23. The summed E-state index contributed by atoms with van der Waals surface area (Å²) >= 11 is 0. The quantitative estimate of drug-likeness (QED) is 0.868. The second-order valence-corrected chi connectivity index (χ2v) is 3.75. The molecule has 2 aromatic rings. The van der Waals surface area contributed by atoms with Gasteiger partial charge in [0.2, 0.25) is 0 Å². The number of hydrogen-bond acceptors (Lipinski definition) is 2. The summed E-state index contributed by atoms with van der Waals surface area (Å²) in [6.07, 6.45) is 0. The molecule has 86 valence electrons. The maximum Gasteiger partial charge on any atom is 0.118 e. The first-order valence-electron chi connectivity index (χ1n) is 5.33. The molecule has 0 saturated heterocycles. The van der Waals surface area contributed by atoms with Gasteiger partial charge in [-0.15, -0.1) is 0 Å². The highest BCUT2D eigenvalue weighted by atomic mass is 16.5. The number of rotatable bonds is 3. The lowest BCUT2D eigenvalue weighted by molar-refractivity contribution is 0.415. The fourth-order valence-electron chi connectivity index (χ4n) is 1.62. The lowest BCUT2D eigenvalue weighted by atomic mass is 9.99. The highest BCUT2D eigenvalue weighted by molar-refractivity contribution is 5.78. The van der Waals surface area contributed by atoms with Gasteiger partial charge in [0.15, 0.2) is 0 Å². The molecule has 0 atom stereocenters. The molecular weight excluding hydrogens is 212 g/mol. The van der Waals surface area contributed by atoms with E-state index in [4.69, 9.17) is 4.74 Å². The third-order valence-corrected chi connectivity index (χ3v) is 2.65. The maximum absolute atomic E-state index is 9.23. The minimum Gasteiger partial charge on any atom is -0.508 e. The molecule has 1 N–H and O–H groups in total. The van der Waals surface area contributed by atoms with Crippen LogP contribution < -0.4 is 4.74 Å². The van der Waals surface area contributed by atoms with E-state index in [1.807, 2.05) is 36.4 Å². The zero-order valence-electron chi connectivity index (χ0n) is 9.68. The van der Waals surface area contributed by atoms with Crippen molar-refractivity contribution in [2.45, 2.75) is 0 Å². The number of aromatic hydroxyl groups is 1. The molecule has 0 amide bonds. The van der Waals surface area contributed by atoms with Crippen LogP contribution in [0.2, 0.25) is 0 Å². The molecule has 0 aromatic heterocycles. The molecule has 0 fully saturated rings. The smallest absolute Gasteiger partial charge is 0.118 e. The van der Waals surface area contributed by atoms with Crippen LogP contribution >= 0.6 is 0 Å². The zero-order chi connectivity index (χ0) is 12.3. The average molecular weight is 226 g/mol. The normalized spacial score (nSPS) is 9.94. The number of methoxy groups -OCH3 is 1. The van der Waals surface area contributed by atoms with Crippen molar-refractivity contribution in [2.75, 3.05) is 7.11 Å². The van der Waals surface area contributed by atoms with Gasteiger partial charge in [-0.05, 0) is 41.0 Å². The molecule has 2 rings (SSSR count). The summed E-state index contributed by atoms with van der Waals surface area (Å²) in [7, 11) is 1.64. The minimum atomic E-state index is 0.260.